The number of rotatable bonds is 7. The molecule has 8 heteroatoms. The SMILES string of the molecule is COCC(=O)NC(C)(C)C1=CCCC=C1.COc1cc(C)c(S(=O)(=O)N2CCCC2)c(C)c1. The fourth-order valence-corrected chi connectivity index (χ4v) is 6.09. The molecule has 1 aliphatic heterocycles. The van der Waals surface area contributed by atoms with Gasteiger partial charge in [-0.2, -0.15) is 4.31 Å². The molecule has 0 bridgehead atoms. The highest BCUT2D eigenvalue weighted by Crippen LogP contribution is 2.29. The van der Waals surface area contributed by atoms with Gasteiger partial charge in [-0.1, -0.05) is 18.2 Å². The van der Waals surface area contributed by atoms with Crippen LogP contribution < -0.4 is 10.1 Å². The Morgan fingerprint density at radius 3 is 2.18 bits per heavy atom. The quantitative estimate of drug-likeness (QED) is 0.642. The second-order valence-corrected chi connectivity index (χ2v) is 10.8. The van der Waals surface area contributed by atoms with Gasteiger partial charge in [0.1, 0.15) is 12.4 Å². The van der Waals surface area contributed by atoms with Crippen LogP contribution in [0.1, 0.15) is 50.7 Å². The molecule has 3 rings (SSSR count). The predicted molar refractivity (Wildman–Crippen MR) is 131 cm³/mol. The molecule has 1 saturated heterocycles. The molecule has 0 spiro atoms. The lowest BCUT2D eigenvalue weighted by Crippen LogP contribution is -2.46. The summed E-state index contributed by atoms with van der Waals surface area (Å²) >= 11 is 0. The van der Waals surface area contributed by atoms with Crippen molar-refractivity contribution in [3.63, 3.8) is 0 Å². The van der Waals surface area contributed by atoms with E-state index in [1.165, 1.54) is 12.7 Å². The van der Waals surface area contributed by atoms with E-state index < -0.39 is 10.0 Å². The summed E-state index contributed by atoms with van der Waals surface area (Å²) in [6, 6.07) is 3.55. The fraction of sp³-hybridized carbons (Fsp3) is 0.560. The normalized spacial score (nSPS) is 16.6. The van der Waals surface area contributed by atoms with Crippen LogP contribution in [0.5, 0.6) is 5.75 Å². The Balaban J connectivity index is 0.000000238. The first-order valence-corrected chi connectivity index (χ1v) is 12.8. The van der Waals surface area contributed by atoms with Crippen LogP contribution in [0.3, 0.4) is 0 Å². The van der Waals surface area contributed by atoms with E-state index in [1.807, 2.05) is 27.7 Å². The zero-order valence-corrected chi connectivity index (χ0v) is 21.5. The number of benzene rings is 1. The molecular weight excluding hydrogens is 440 g/mol. The van der Waals surface area contributed by atoms with Crippen molar-refractivity contribution in [1.29, 1.82) is 0 Å². The average molecular weight is 479 g/mol. The van der Waals surface area contributed by atoms with E-state index >= 15 is 0 Å². The summed E-state index contributed by atoms with van der Waals surface area (Å²) in [4.78, 5) is 11.8. The topological polar surface area (TPSA) is 84.9 Å². The molecular formula is C25H38N2O5S. The van der Waals surface area contributed by atoms with Crippen LogP contribution in [-0.2, 0) is 19.6 Å². The summed E-state index contributed by atoms with van der Waals surface area (Å²) in [6.45, 7) is 9.02. The number of amides is 1. The third-order valence-electron chi connectivity index (χ3n) is 5.78. The van der Waals surface area contributed by atoms with Gasteiger partial charge in [-0.3, -0.25) is 4.79 Å². The molecule has 184 valence electrons. The van der Waals surface area contributed by atoms with E-state index in [4.69, 9.17) is 9.47 Å². The molecule has 0 atom stereocenters. The lowest BCUT2D eigenvalue weighted by atomic mass is 9.90. The van der Waals surface area contributed by atoms with E-state index in [0.29, 0.717) is 23.7 Å². The second kappa shape index (κ2) is 11.8. The van der Waals surface area contributed by atoms with Crippen molar-refractivity contribution in [3.8, 4) is 5.75 Å². The van der Waals surface area contributed by atoms with Crippen molar-refractivity contribution in [2.45, 2.75) is 63.8 Å². The first-order chi connectivity index (χ1) is 15.5. The number of ether oxygens (including phenoxy) is 2. The van der Waals surface area contributed by atoms with E-state index in [9.17, 15) is 13.2 Å². The van der Waals surface area contributed by atoms with Gasteiger partial charge < -0.3 is 14.8 Å². The number of carbonyl (C=O) groups excluding carboxylic acids is 1. The summed E-state index contributed by atoms with van der Waals surface area (Å²) in [5, 5.41) is 2.94. The maximum absolute atomic E-state index is 12.6. The van der Waals surface area contributed by atoms with Gasteiger partial charge in [0.15, 0.2) is 0 Å². The first kappa shape index (κ1) is 27.1. The summed E-state index contributed by atoms with van der Waals surface area (Å²) in [7, 11) is -0.241. The van der Waals surface area contributed by atoms with Gasteiger partial charge in [-0.05, 0) is 82.2 Å². The number of hydrogen-bond acceptors (Lipinski definition) is 5. The number of allylic oxidation sites excluding steroid dienone is 2. The Labute approximate surface area is 198 Å². The lowest BCUT2D eigenvalue weighted by molar-refractivity contribution is -0.125. The van der Waals surface area contributed by atoms with Crippen molar-refractivity contribution >= 4 is 15.9 Å². The molecule has 1 N–H and O–H groups in total. The zero-order chi connectivity index (χ0) is 24.6. The second-order valence-electron chi connectivity index (χ2n) is 8.95. The highest BCUT2D eigenvalue weighted by molar-refractivity contribution is 7.89. The van der Waals surface area contributed by atoms with Gasteiger partial charge in [0, 0.05) is 20.2 Å². The number of nitrogens with zero attached hydrogens (tertiary/aromatic N) is 1. The van der Waals surface area contributed by atoms with Crippen molar-refractivity contribution in [2.24, 2.45) is 0 Å². The van der Waals surface area contributed by atoms with Crippen LogP contribution in [0.2, 0.25) is 0 Å². The standard InChI is InChI=1S/C13H19NO3S.C12H19NO2/c1-10-8-12(17-3)9-11(2)13(10)18(15,16)14-6-4-5-7-14;1-12(2,13-11(14)9-15-3)10-7-5-4-6-8-10/h8-9H,4-7H2,1-3H3;5,7-8H,4,6,9H2,1-3H3,(H,13,14). The highest BCUT2D eigenvalue weighted by Gasteiger charge is 2.30. The molecule has 2 aliphatic rings. The van der Waals surface area contributed by atoms with Crippen LogP contribution in [0.4, 0.5) is 0 Å². The minimum absolute atomic E-state index is 0.0811. The molecule has 1 aromatic carbocycles. The fourth-order valence-electron chi connectivity index (χ4n) is 4.16. The maximum atomic E-state index is 12.6. The zero-order valence-electron chi connectivity index (χ0n) is 20.7. The van der Waals surface area contributed by atoms with Gasteiger partial charge >= 0.3 is 0 Å². The molecule has 0 radical (unpaired) electrons. The van der Waals surface area contributed by atoms with E-state index in [-0.39, 0.29) is 18.1 Å². The van der Waals surface area contributed by atoms with Crippen molar-refractivity contribution in [1.82, 2.24) is 9.62 Å². The number of methoxy groups -OCH3 is 2. The van der Waals surface area contributed by atoms with Crippen LogP contribution in [0, 0.1) is 13.8 Å². The molecule has 7 nitrogen and oxygen atoms in total. The molecule has 1 amide bonds. The molecule has 33 heavy (non-hydrogen) atoms. The number of hydrogen-bond donors (Lipinski definition) is 1. The van der Waals surface area contributed by atoms with Crippen molar-refractivity contribution in [3.05, 3.63) is 47.1 Å². The Kier molecular flexibility index (Phi) is 9.70. The Morgan fingerprint density at radius 2 is 1.70 bits per heavy atom. The number of aryl methyl sites for hydroxylation is 2. The average Bonchev–Trinajstić information content (AvgIpc) is 3.30. The minimum Gasteiger partial charge on any atom is -0.497 e. The van der Waals surface area contributed by atoms with E-state index in [0.717, 1.165) is 36.8 Å². The summed E-state index contributed by atoms with van der Waals surface area (Å²) in [5.74, 6) is 0.618. The van der Waals surface area contributed by atoms with Crippen molar-refractivity contribution in [2.75, 3.05) is 33.9 Å². The largest absolute Gasteiger partial charge is 0.497 e. The van der Waals surface area contributed by atoms with Crippen LogP contribution in [-0.4, -0.2) is 58.1 Å². The number of sulfonamides is 1. The van der Waals surface area contributed by atoms with E-state index in [1.54, 1.807) is 23.5 Å². The summed E-state index contributed by atoms with van der Waals surface area (Å²) in [5.41, 5.74) is 2.35. The van der Waals surface area contributed by atoms with Crippen LogP contribution >= 0.6 is 0 Å². The maximum Gasteiger partial charge on any atom is 0.246 e. The Bertz CT molecular complexity index is 967. The van der Waals surface area contributed by atoms with Crippen molar-refractivity contribution < 1.29 is 22.7 Å². The van der Waals surface area contributed by atoms with Crippen LogP contribution in [0.15, 0.2) is 40.8 Å². The Morgan fingerprint density at radius 1 is 1.09 bits per heavy atom. The number of carbonyl (C=O) groups is 1. The predicted octanol–water partition coefficient (Wildman–Crippen LogP) is 3.90. The lowest BCUT2D eigenvalue weighted by Gasteiger charge is -2.29. The number of nitrogens with one attached hydrogen (secondary N) is 1. The first-order valence-electron chi connectivity index (χ1n) is 11.4. The molecule has 0 saturated carbocycles. The van der Waals surface area contributed by atoms with Gasteiger partial charge in [-0.15, -0.1) is 0 Å². The van der Waals surface area contributed by atoms with Gasteiger partial charge in [-0.25, -0.2) is 8.42 Å². The molecule has 1 aromatic rings. The monoisotopic (exact) mass is 478 g/mol. The molecule has 1 heterocycles. The van der Waals surface area contributed by atoms with Gasteiger partial charge in [0.05, 0.1) is 17.5 Å². The third-order valence-corrected chi connectivity index (χ3v) is 7.98. The van der Waals surface area contributed by atoms with Gasteiger partial charge in [0.25, 0.3) is 0 Å². The molecule has 1 aliphatic carbocycles. The Hall–Kier alpha value is -2.16. The third kappa shape index (κ3) is 7.16. The summed E-state index contributed by atoms with van der Waals surface area (Å²) in [6.07, 6.45) is 10.4. The smallest absolute Gasteiger partial charge is 0.246 e. The molecule has 1 fully saturated rings. The summed E-state index contributed by atoms with van der Waals surface area (Å²) < 4.78 is 36.6. The highest BCUT2D eigenvalue weighted by atomic mass is 32.2. The van der Waals surface area contributed by atoms with Gasteiger partial charge in [0.2, 0.25) is 15.9 Å². The molecule has 0 unspecified atom stereocenters. The molecule has 0 aromatic heterocycles. The van der Waals surface area contributed by atoms with E-state index in [2.05, 4.69) is 23.5 Å². The van der Waals surface area contributed by atoms with Crippen LogP contribution in [0.25, 0.3) is 0 Å². The minimum atomic E-state index is -3.35.